The molecule has 0 saturated carbocycles. The molecule has 0 atom stereocenters. The topological polar surface area (TPSA) is 52.6 Å². The van der Waals surface area contributed by atoms with Gasteiger partial charge in [0.1, 0.15) is 6.26 Å². The smallest absolute Gasteiger partial charge is 0.370 e. The Balaban J connectivity index is 3.46. The lowest BCUT2D eigenvalue weighted by atomic mass is 10.2. The average Bonchev–Trinajstić information content (AvgIpc) is 2.04. The van der Waals surface area contributed by atoms with Gasteiger partial charge in [0.25, 0.3) is 0 Å². The van der Waals surface area contributed by atoms with Crippen LogP contribution in [0.1, 0.15) is 32.6 Å². The first-order valence-electron chi connectivity index (χ1n) is 4.31. The highest BCUT2D eigenvalue weighted by atomic mass is 32.3. The monoisotopic (exact) mass is 208 g/mol. The van der Waals surface area contributed by atoms with Gasteiger partial charge in [-0.3, -0.25) is 0 Å². The summed E-state index contributed by atoms with van der Waals surface area (Å²) in [6.45, 7) is 5.38. The van der Waals surface area contributed by atoms with Crippen molar-refractivity contribution >= 4 is 10.4 Å². The van der Waals surface area contributed by atoms with Crippen LogP contribution in [-0.4, -0.2) is 15.0 Å². The van der Waals surface area contributed by atoms with Crippen molar-refractivity contribution in [2.24, 2.45) is 0 Å². The van der Waals surface area contributed by atoms with Gasteiger partial charge in [-0.25, -0.2) is 4.18 Å². The average molecular weight is 208 g/mol. The summed E-state index contributed by atoms with van der Waals surface area (Å²) in [7, 11) is -3.84. The van der Waals surface area contributed by atoms with Gasteiger partial charge >= 0.3 is 10.4 Å². The summed E-state index contributed by atoms with van der Waals surface area (Å²) in [6, 6.07) is 0. The Labute approximate surface area is 79.9 Å². The summed E-state index contributed by atoms with van der Waals surface area (Å²) in [5.74, 6) is 0. The van der Waals surface area contributed by atoms with Crippen molar-refractivity contribution in [3.63, 3.8) is 0 Å². The summed E-state index contributed by atoms with van der Waals surface area (Å²) in [5, 5.41) is 0. The summed E-state index contributed by atoms with van der Waals surface area (Å²) >= 11 is 0. The van der Waals surface area contributed by atoms with E-state index < -0.39 is 10.4 Å². The van der Waals surface area contributed by atoms with Crippen LogP contribution in [0, 0.1) is 0 Å². The number of rotatable bonds is 8. The van der Waals surface area contributed by atoms with E-state index in [0.717, 1.165) is 31.9 Å². The predicted molar refractivity (Wildman–Crippen MR) is 50.3 cm³/mol. The minimum atomic E-state index is -3.84. The van der Waals surface area contributed by atoms with Crippen LogP contribution in [0.4, 0.5) is 0 Å². The predicted octanol–water partition coefficient (Wildman–Crippen LogP) is 1.99. The highest BCUT2D eigenvalue weighted by Gasteiger charge is 2.08. The molecule has 0 aromatic rings. The third-order valence-electron chi connectivity index (χ3n) is 1.41. The fraction of sp³-hybridized carbons (Fsp3) is 0.750. The van der Waals surface area contributed by atoms with Crippen LogP contribution in [0.5, 0.6) is 0 Å². The van der Waals surface area contributed by atoms with Gasteiger partial charge in [0.05, 0.1) is 6.61 Å². The van der Waals surface area contributed by atoms with Crippen LogP contribution in [0.2, 0.25) is 0 Å². The summed E-state index contributed by atoms with van der Waals surface area (Å²) < 4.78 is 30.1. The maximum atomic E-state index is 10.7. The molecule has 0 aromatic heterocycles. The fourth-order valence-electron chi connectivity index (χ4n) is 0.801. The van der Waals surface area contributed by atoms with E-state index >= 15 is 0 Å². The Kier molecular flexibility index (Phi) is 6.62. The molecule has 0 amide bonds. The Morgan fingerprint density at radius 1 is 1.31 bits per heavy atom. The van der Waals surface area contributed by atoms with Gasteiger partial charge in [-0.15, -0.1) is 0 Å². The molecular formula is C8H16O4S. The highest BCUT2D eigenvalue weighted by molar-refractivity contribution is 7.81. The molecule has 4 nitrogen and oxygen atoms in total. The zero-order valence-corrected chi connectivity index (χ0v) is 8.68. The van der Waals surface area contributed by atoms with Gasteiger partial charge in [-0.2, -0.15) is 8.42 Å². The molecule has 0 aromatic carbocycles. The van der Waals surface area contributed by atoms with Crippen molar-refractivity contribution < 1.29 is 16.8 Å². The first kappa shape index (κ1) is 12.4. The van der Waals surface area contributed by atoms with Crippen LogP contribution in [0.3, 0.4) is 0 Å². The van der Waals surface area contributed by atoms with Crippen LogP contribution in [0.15, 0.2) is 12.8 Å². The van der Waals surface area contributed by atoms with Crippen LogP contribution in [-0.2, 0) is 18.8 Å². The maximum absolute atomic E-state index is 10.7. The summed E-state index contributed by atoms with van der Waals surface area (Å²) in [5.41, 5.74) is 0. The minimum absolute atomic E-state index is 0.177. The number of unbranched alkanes of at least 4 members (excludes halogenated alkanes) is 3. The molecule has 0 unspecified atom stereocenters. The van der Waals surface area contributed by atoms with Crippen LogP contribution < -0.4 is 0 Å². The van der Waals surface area contributed by atoms with Gasteiger partial charge in [0.2, 0.25) is 0 Å². The van der Waals surface area contributed by atoms with E-state index in [1.807, 2.05) is 0 Å². The van der Waals surface area contributed by atoms with Gasteiger partial charge < -0.3 is 4.18 Å². The van der Waals surface area contributed by atoms with Gasteiger partial charge in [-0.1, -0.05) is 32.8 Å². The Morgan fingerprint density at radius 3 is 2.54 bits per heavy atom. The zero-order chi connectivity index (χ0) is 10.2. The van der Waals surface area contributed by atoms with Crippen molar-refractivity contribution in [2.75, 3.05) is 6.61 Å². The molecule has 5 heteroatoms. The number of hydrogen-bond acceptors (Lipinski definition) is 4. The molecule has 13 heavy (non-hydrogen) atoms. The van der Waals surface area contributed by atoms with E-state index in [1.165, 1.54) is 0 Å². The van der Waals surface area contributed by atoms with Crippen LogP contribution in [0.25, 0.3) is 0 Å². The minimum Gasteiger partial charge on any atom is -0.370 e. The van der Waals surface area contributed by atoms with E-state index in [4.69, 9.17) is 0 Å². The molecule has 0 spiro atoms. The first-order valence-corrected chi connectivity index (χ1v) is 5.64. The Hall–Kier alpha value is -0.550. The van der Waals surface area contributed by atoms with Gasteiger partial charge in [-0.05, 0) is 6.42 Å². The van der Waals surface area contributed by atoms with E-state index in [2.05, 4.69) is 21.9 Å². The molecule has 0 heterocycles. The second-order valence-electron chi connectivity index (χ2n) is 2.55. The molecule has 0 fully saturated rings. The van der Waals surface area contributed by atoms with Crippen molar-refractivity contribution in [1.29, 1.82) is 0 Å². The molecule has 0 bridgehead atoms. The molecule has 0 aliphatic carbocycles. The second-order valence-corrected chi connectivity index (χ2v) is 3.80. The lowest BCUT2D eigenvalue weighted by Crippen LogP contribution is -2.07. The van der Waals surface area contributed by atoms with Crippen molar-refractivity contribution in [2.45, 2.75) is 32.6 Å². The first-order chi connectivity index (χ1) is 6.12. The lowest BCUT2D eigenvalue weighted by Gasteiger charge is -2.02. The summed E-state index contributed by atoms with van der Waals surface area (Å²) in [6.07, 6.45) is 4.73. The standard InChI is InChI=1S/C8H16O4S/c1-3-5-6-7-8-12-13(9,10)11-4-2/h4H,2-3,5-8H2,1H3. The molecule has 0 aliphatic rings. The third-order valence-corrected chi connectivity index (χ3v) is 2.24. The van der Waals surface area contributed by atoms with Crippen molar-refractivity contribution in [3.05, 3.63) is 12.8 Å². The molecule has 0 N–H and O–H groups in total. The highest BCUT2D eigenvalue weighted by Crippen LogP contribution is 2.02. The molecule has 78 valence electrons. The summed E-state index contributed by atoms with van der Waals surface area (Å²) in [4.78, 5) is 0. The SMILES string of the molecule is C=COS(=O)(=O)OCCCCCC. The maximum Gasteiger partial charge on any atom is 0.448 e. The van der Waals surface area contributed by atoms with Gasteiger partial charge in [0.15, 0.2) is 0 Å². The quantitative estimate of drug-likeness (QED) is 0.452. The second kappa shape index (κ2) is 6.91. The molecule has 0 radical (unpaired) electrons. The molecule has 0 rings (SSSR count). The van der Waals surface area contributed by atoms with E-state index in [9.17, 15) is 8.42 Å². The Bertz CT molecular complexity index is 220. The van der Waals surface area contributed by atoms with E-state index in [-0.39, 0.29) is 6.61 Å². The molecular weight excluding hydrogens is 192 g/mol. The molecule has 0 saturated heterocycles. The third kappa shape index (κ3) is 7.80. The lowest BCUT2D eigenvalue weighted by molar-refractivity contribution is 0.253. The van der Waals surface area contributed by atoms with Gasteiger partial charge in [0, 0.05) is 0 Å². The molecule has 0 aliphatic heterocycles. The largest absolute Gasteiger partial charge is 0.448 e. The fourth-order valence-corrected chi connectivity index (χ4v) is 1.35. The number of hydrogen-bond donors (Lipinski definition) is 0. The zero-order valence-electron chi connectivity index (χ0n) is 7.86. The Morgan fingerprint density at radius 2 is 2.00 bits per heavy atom. The van der Waals surface area contributed by atoms with E-state index in [0.29, 0.717) is 0 Å². The normalized spacial score (nSPS) is 11.2. The van der Waals surface area contributed by atoms with Crippen molar-refractivity contribution in [1.82, 2.24) is 0 Å². The van der Waals surface area contributed by atoms with Crippen molar-refractivity contribution in [3.8, 4) is 0 Å². The van der Waals surface area contributed by atoms with E-state index in [1.54, 1.807) is 0 Å². The van der Waals surface area contributed by atoms with Crippen LogP contribution >= 0.6 is 0 Å².